The van der Waals surface area contributed by atoms with E-state index in [2.05, 4.69) is 17.6 Å². The predicted octanol–water partition coefficient (Wildman–Crippen LogP) is 8.62. The molecule has 0 heterocycles. The number of hydrogen-bond donors (Lipinski definition) is 3. The summed E-state index contributed by atoms with van der Waals surface area (Å²) >= 11 is 0. The summed E-state index contributed by atoms with van der Waals surface area (Å²) in [4.78, 5) is 11.8. The van der Waals surface area contributed by atoms with Gasteiger partial charge in [-0.25, -0.2) is 4.79 Å². The van der Waals surface area contributed by atoms with E-state index in [-0.39, 0.29) is 11.8 Å². The molecule has 3 N–H and O–H groups in total. The molecule has 4 nitrogen and oxygen atoms in total. The molecule has 0 aliphatic rings. The van der Waals surface area contributed by atoms with E-state index in [9.17, 15) is 9.90 Å². The zero-order chi connectivity index (χ0) is 23.8. The lowest BCUT2D eigenvalue weighted by atomic mass is 10.0. The first kappa shape index (κ1) is 29.3. The van der Waals surface area contributed by atoms with Gasteiger partial charge in [0.25, 0.3) is 0 Å². The van der Waals surface area contributed by atoms with Gasteiger partial charge in [-0.15, -0.1) is 0 Å². The average Bonchev–Trinajstić information content (AvgIpc) is 2.82. The van der Waals surface area contributed by atoms with Crippen molar-refractivity contribution in [2.45, 2.75) is 135 Å². The number of rotatable bonds is 22. The Morgan fingerprint density at radius 1 is 0.606 bits per heavy atom. The Hall–Kier alpha value is -1.71. The third-order valence-corrected chi connectivity index (χ3v) is 6.46. The summed E-state index contributed by atoms with van der Waals surface area (Å²) in [5.74, 6) is 0.243. The minimum absolute atomic E-state index is 0.120. The predicted molar refractivity (Wildman–Crippen MR) is 142 cm³/mol. The fourth-order valence-electron chi connectivity index (χ4n) is 4.26. The minimum Gasteiger partial charge on any atom is -0.508 e. The van der Waals surface area contributed by atoms with Gasteiger partial charge in [0.15, 0.2) is 0 Å². The van der Waals surface area contributed by atoms with Crippen LogP contribution in [0.5, 0.6) is 5.75 Å². The molecule has 0 atom stereocenters. The second kappa shape index (κ2) is 22.1. The van der Waals surface area contributed by atoms with E-state index in [4.69, 9.17) is 0 Å². The van der Waals surface area contributed by atoms with Crippen molar-refractivity contribution < 1.29 is 9.90 Å². The van der Waals surface area contributed by atoms with Gasteiger partial charge in [-0.3, -0.25) is 0 Å². The van der Waals surface area contributed by atoms with Crippen molar-refractivity contribution in [3.05, 3.63) is 29.8 Å². The van der Waals surface area contributed by atoms with Crippen LogP contribution in [0.25, 0.3) is 0 Å². The molecular formula is C29H52N2O2. The third-order valence-electron chi connectivity index (χ3n) is 6.46. The highest BCUT2D eigenvalue weighted by Gasteiger charge is 2.00. The Morgan fingerprint density at radius 2 is 1.00 bits per heavy atom. The number of urea groups is 1. The molecule has 0 spiro atoms. The Bertz CT molecular complexity index is 559. The fraction of sp³-hybridized carbons (Fsp3) is 0.759. The van der Waals surface area contributed by atoms with Gasteiger partial charge in [-0.1, -0.05) is 135 Å². The normalized spacial score (nSPS) is 10.9. The number of carbonyl (C=O) groups excluding carboxylic acids is 1. The van der Waals surface area contributed by atoms with Gasteiger partial charge in [0.2, 0.25) is 0 Å². The molecule has 1 aromatic carbocycles. The number of amides is 2. The molecule has 0 aliphatic heterocycles. The molecule has 33 heavy (non-hydrogen) atoms. The molecule has 0 aliphatic carbocycles. The molecular weight excluding hydrogens is 408 g/mol. The van der Waals surface area contributed by atoms with E-state index in [1.165, 1.54) is 116 Å². The van der Waals surface area contributed by atoms with E-state index in [0.717, 1.165) is 18.5 Å². The molecule has 0 radical (unpaired) electrons. The molecule has 0 aromatic heterocycles. The van der Waals surface area contributed by atoms with Gasteiger partial charge in [-0.05, 0) is 24.1 Å². The van der Waals surface area contributed by atoms with Crippen LogP contribution in [0.1, 0.15) is 134 Å². The van der Waals surface area contributed by atoms with Gasteiger partial charge in [0, 0.05) is 13.1 Å². The summed E-state index contributed by atoms with van der Waals surface area (Å²) in [7, 11) is 0. The first-order valence-electron chi connectivity index (χ1n) is 14.0. The third kappa shape index (κ3) is 19.5. The monoisotopic (exact) mass is 460 g/mol. The second-order valence-electron chi connectivity index (χ2n) is 9.64. The van der Waals surface area contributed by atoms with Crippen LogP contribution in [0.2, 0.25) is 0 Å². The quantitative estimate of drug-likeness (QED) is 0.152. The molecule has 0 saturated heterocycles. The van der Waals surface area contributed by atoms with E-state index >= 15 is 0 Å². The Balaban J connectivity index is 1.73. The lowest BCUT2D eigenvalue weighted by molar-refractivity contribution is 0.240. The van der Waals surface area contributed by atoms with Crippen molar-refractivity contribution in [1.29, 1.82) is 0 Å². The van der Waals surface area contributed by atoms with Crippen molar-refractivity contribution >= 4 is 6.03 Å². The molecule has 1 aromatic rings. The molecule has 1 rings (SSSR count). The minimum atomic E-state index is -0.120. The van der Waals surface area contributed by atoms with Crippen LogP contribution in [-0.4, -0.2) is 17.7 Å². The summed E-state index contributed by atoms with van der Waals surface area (Å²) < 4.78 is 0. The highest BCUT2D eigenvalue weighted by atomic mass is 16.3. The van der Waals surface area contributed by atoms with Crippen LogP contribution in [-0.2, 0) is 6.54 Å². The lowest BCUT2D eigenvalue weighted by Crippen LogP contribution is -2.35. The van der Waals surface area contributed by atoms with Crippen LogP contribution in [0.3, 0.4) is 0 Å². The zero-order valence-corrected chi connectivity index (χ0v) is 21.5. The van der Waals surface area contributed by atoms with Crippen LogP contribution in [0.15, 0.2) is 24.3 Å². The fourth-order valence-corrected chi connectivity index (χ4v) is 4.26. The van der Waals surface area contributed by atoms with Crippen LogP contribution < -0.4 is 10.6 Å². The van der Waals surface area contributed by atoms with Gasteiger partial charge in [0.1, 0.15) is 5.75 Å². The van der Waals surface area contributed by atoms with Crippen molar-refractivity contribution in [3.63, 3.8) is 0 Å². The first-order chi connectivity index (χ1) is 16.2. The number of carbonyl (C=O) groups is 1. The molecule has 0 bridgehead atoms. The summed E-state index contributed by atoms with van der Waals surface area (Å²) in [6, 6.07) is 6.77. The first-order valence-corrected chi connectivity index (χ1v) is 14.0. The number of unbranched alkanes of at least 4 members (excludes halogenated alkanes) is 18. The van der Waals surface area contributed by atoms with Crippen molar-refractivity contribution in [2.75, 3.05) is 6.54 Å². The number of hydrogen-bond acceptors (Lipinski definition) is 2. The molecule has 0 unspecified atom stereocenters. The van der Waals surface area contributed by atoms with Crippen molar-refractivity contribution in [1.82, 2.24) is 10.6 Å². The standard InChI is InChI=1S/C29H52N2O2/c1-2-3-4-5-6-7-8-9-10-11-12-13-14-15-16-17-18-19-20-25-30-29(33)31-26-27-21-23-28(32)24-22-27/h21-24,32H,2-20,25-26H2,1H3,(H2,30,31,33). The maximum Gasteiger partial charge on any atom is 0.315 e. The maximum absolute atomic E-state index is 11.8. The smallest absolute Gasteiger partial charge is 0.315 e. The highest BCUT2D eigenvalue weighted by molar-refractivity contribution is 5.73. The van der Waals surface area contributed by atoms with E-state index in [0.29, 0.717) is 6.54 Å². The summed E-state index contributed by atoms with van der Waals surface area (Å²) in [5.41, 5.74) is 0.978. The van der Waals surface area contributed by atoms with Crippen molar-refractivity contribution in [2.24, 2.45) is 0 Å². The number of phenolic OH excluding ortho intramolecular Hbond substituents is 1. The molecule has 0 fully saturated rings. The van der Waals surface area contributed by atoms with Crippen LogP contribution >= 0.6 is 0 Å². The lowest BCUT2D eigenvalue weighted by Gasteiger charge is -2.08. The Morgan fingerprint density at radius 3 is 1.42 bits per heavy atom. The summed E-state index contributed by atoms with van der Waals surface area (Å²) in [6.07, 6.45) is 26.2. The topological polar surface area (TPSA) is 61.4 Å². The Kier molecular flexibility index (Phi) is 19.6. The summed E-state index contributed by atoms with van der Waals surface area (Å²) in [6.45, 7) is 3.50. The maximum atomic E-state index is 11.8. The Labute approximate surface area is 204 Å². The average molecular weight is 461 g/mol. The van der Waals surface area contributed by atoms with Crippen LogP contribution in [0.4, 0.5) is 4.79 Å². The number of aromatic hydroxyl groups is 1. The molecule has 190 valence electrons. The highest BCUT2D eigenvalue weighted by Crippen LogP contribution is 2.14. The SMILES string of the molecule is CCCCCCCCCCCCCCCCCCCCCNC(=O)NCc1ccc(O)cc1. The van der Waals surface area contributed by atoms with Crippen LogP contribution in [0, 0.1) is 0 Å². The molecule has 4 heteroatoms. The van der Waals surface area contributed by atoms with Gasteiger partial charge >= 0.3 is 6.03 Å². The molecule has 0 saturated carbocycles. The van der Waals surface area contributed by atoms with Crippen molar-refractivity contribution in [3.8, 4) is 5.75 Å². The van der Waals surface area contributed by atoms with Gasteiger partial charge in [-0.2, -0.15) is 0 Å². The van der Waals surface area contributed by atoms with E-state index in [1.807, 2.05) is 12.1 Å². The number of nitrogens with one attached hydrogen (secondary N) is 2. The van der Waals surface area contributed by atoms with E-state index < -0.39 is 0 Å². The zero-order valence-electron chi connectivity index (χ0n) is 21.5. The second-order valence-corrected chi connectivity index (χ2v) is 9.64. The largest absolute Gasteiger partial charge is 0.508 e. The van der Waals surface area contributed by atoms with Gasteiger partial charge < -0.3 is 15.7 Å². The number of benzene rings is 1. The molecule has 2 amide bonds. The van der Waals surface area contributed by atoms with E-state index in [1.54, 1.807) is 12.1 Å². The number of phenols is 1. The van der Waals surface area contributed by atoms with Gasteiger partial charge in [0.05, 0.1) is 0 Å². The summed E-state index contributed by atoms with van der Waals surface area (Å²) in [5, 5.41) is 15.0.